The lowest BCUT2D eigenvalue weighted by Crippen LogP contribution is -2.49. The van der Waals surface area contributed by atoms with Gasteiger partial charge >= 0.3 is 6.09 Å². The van der Waals surface area contributed by atoms with Gasteiger partial charge < -0.3 is 19.8 Å². The fourth-order valence-corrected chi connectivity index (χ4v) is 3.10. The Hall–Kier alpha value is -2.90. The van der Waals surface area contributed by atoms with Gasteiger partial charge in [0.1, 0.15) is 0 Å². The van der Waals surface area contributed by atoms with E-state index in [1.54, 1.807) is 30.0 Å². The third-order valence-corrected chi connectivity index (χ3v) is 4.29. The summed E-state index contributed by atoms with van der Waals surface area (Å²) in [5, 5.41) is 15.0. The summed E-state index contributed by atoms with van der Waals surface area (Å²) in [4.78, 5) is 29.9. The van der Waals surface area contributed by atoms with E-state index in [1.165, 1.54) is 0 Å². The summed E-state index contributed by atoms with van der Waals surface area (Å²) in [5.74, 6) is 0.653. The standard InChI is InChI=1S/C17H20N4O4/c1-11-19-15(25-20-11)13-7-2-3-8-14(13)16(22)21-9-5-4-6-12(21)10-18-17(23)24/h2-3,7-8,12,18H,4-6,9-10H2,1H3,(H,23,24)/t12-/m0/s1. The van der Waals surface area contributed by atoms with Gasteiger partial charge in [-0.1, -0.05) is 17.3 Å². The summed E-state index contributed by atoms with van der Waals surface area (Å²) < 4.78 is 5.21. The molecule has 1 fully saturated rings. The van der Waals surface area contributed by atoms with Crippen molar-refractivity contribution in [2.75, 3.05) is 13.1 Å². The summed E-state index contributed by atoms with van der Waals surface area (Å²) in [6, 6.07) is 6.94. The number of carboxylic acid groups (broad SMARTS) is 1. The van der Waals surface area contributed by atoms with Gasteiger partial charge in [-0.25, -0.2) is 4.79 Å². The zero-order valence-corrected chi connectivity index (χ0v) is 13.9. The molecule has 8 nitrogen and oxygen atoms in total. The Morgan fingerprint density at radius 1 is 1.36 bits per heavy atom. The van der Waals surface area contributed by atoms with Crippen LogP contribution in [-0.4, -0.2) is 51.3 Å². The highest BCUT2D eigenvalue weighted by atomic mass is 16.5. The van der Waals surface area contributed by atoms with Crippen molar-refractivity contribution < 1.29 is 19.2 Å². The molecule has 1 atom stereocenters. The molecule has 0 spiro atoms. The number of carbonyl (C=O) groups excluding carboxylic acids is 1. The average molecular weight is 344 g/mol. The van der Waals surface area contributed by atoms with E-state index in [4.69, 9.17) is 9.63 Å². The number of likely N-dealkylation sites (tertiary alicyclic amines) is 1. The number of nitrogens with one attached hydrogen (secondary N) is 1. The number of aryl methyl sites for hydroxylation is 1. The van der Waals surface area contributed by atoms with Crippen molar-refractivity contribution in [3.8, 4) is 11.5 Å². The molecule has 1 aromatic heterocycles. The predicted octanol–water partition coefficient (Wildman–Crippen LogP) is 2.31. The molecule has 8 heteroatoms. The zero-order valence-electron chi connectivity index (χ0n) is 13.9. The van der Waals surface area contributed by atoms with E-state index in [1.807, 2.05) is 6.07 Å². The fraction of sp³-hybridized carbons (Fsp3) is 0.412. The van der Waals surface area contributed by atoms with Crippen molar-refractivity contribution >= 4 is 12.0 Å². The molecule has 1 saturated heterocycles. The molecule has 2 N–H and O–H groups in total. The maximum atomic E-state index is 13.1. The van der Waals surface area contributed by atoms with Gasteiger partial charge in [-0.2, -0.15) is 4.98 Å². The largest absolute Gasteiger partial charge is 0.465 e. The van der Waals surface area contributed by atoms with E-state index in [2.05, 4.69) is 15.5 Å². The summed E-state index contributed by atoms with van der Waals surface area (Å²) in [5.41, 5.74) is 1.07. The van der Waals surface area contributed by atoms with Gasteiger partial charge in [0.15, 0.2) is 5.82 Å². The van der Waals surface area contributed by atoms with Crippen LogP contribution in [0.3, 0.4) is 0 Å². The summed E-state index contributed by atoms with van der Waals surface area (Å²) in [6.07, 6.45) is 1.56. The minimum absolute atomic E-state index is 0.150. The molecule has 0 saturated carbocycles. The van der Waals surface area contributed by atoms with Gasteiger partial charge in [0, 0.05) is 19.1 Å². The Labute approximate surface area is 144 Å². The monoisotopic (exact) mass is 344 g/mol. The van der Waals surface area contributed by atoms with Gasteiger partial charge in [0.2, 0.25) is 0 Å². The van der Waals surface area contributed by atoms with E-state index in [0.29, 0.717) is 29.4 Å². The van der Waals surface area contributed by atoms with Crippen LogP contribution in [0.15, 0.2) is 28.8 Å². The molecule has 0 radical (unpaired) electrons. The first-order valence-electron chi connectivity index (χ1n) is 8.23. The molecule has 0 aliphatic carbocycles. The van der Waals surface area contributed by atoms with Crippen molar-refractivity contribution in [2.24, 2.45) is 0 Å². The first kappa shape index (κ1) is 16.9. The van der Waals surface area contributed by atoms with Gasteiger partial charge in [-0.3, -0.25) is 4.79 Å². The molecule has 2 amide bonds. The van der Waals surface area contributed by atoms with Crippen LogP contribution in [-0.2, 0) is 0 Å². The molecule has 2 heterocycles. The van der Waals surface area contributed by atoms with E-state index < -0.39 is 6.09 Å². The molecular formula is C17H20N4O4. The molecule has 132 valence electrons. The molecule has 1 aliphatic heterocycles. The van der Waals surface area contributed by atoms with E-state index >= 15 is 0 Å². The molecular weight excluding hydrogens is 324 g/mol. The second-order valence-corrected chi connectivity index (χ2v) is 6.03. The topological polar surface area (TPSA) is 109 Å². The smallest absolute Gasteiger partial charge is 0.404 e. The van der Waals surface area contributed by atoms with Crippen molar-refractivity contribution in [3.63, 3.8) is 0 Å². The second kappa shape index (κ2) is 7.33. The number of carbonyl (C=O) groups is 2. The average Bonchev–Trinajstić information content (AvgIpc) is 3.06. The minimum atomic E-state index is -1.08. The van der Waals surface area contributed by atoms with E-state index in [0.717, 1.165) is 19.3 Å². The predicted molar refractivity (Wildman–Crippen MR) is 89.2 cm³/mol. The first-order valence-corrected chi connectivity index (χ1v) is 8.23. The maximum absolute atomic E-state index is 13.1. The molecule has 3 rings (SSSR count). The Morgan fingerprint density at radius 2 is 2.16 bits per heavy atom. The van der Waals surface area contributed by atoms with Crippen LogP contribution < -0.4 is 5.32 Å². The number of piperidine rings is 1. The number of rotatable bonds is 4. The van der Waals surface area contributed by atoms with E-state index in [9.17, 15) is 9.59 Å². The lowest BCUT2D eigenvalue weighted by molar-refractivity contribution is 0.0611. The molecule has 1 aromatic carbocycles. The third-order valence-electron chi connectivity index (χ3n) is 4.29. The van der Waals surface area contributed by atoms with Gasteiger partial charge in [-0.15, -0.1) is 0 Å². The maximum Gasteiger partial charge on any atom is 0.404 e. The first-order chi connectivity index (χ1) is 12.1. The van der Waals surface area contributed by atoms with Crippen LogP contribution in [0.1, 0.15) is 35.4 Å². The number of hydrogen-bond donors (Lipinski definition) is 2. The summed E-state index contributed by atoms with van der Waals surface area (Å²) in [7, 11) is 0. The number of nitrogens with zero attached hydrogens (tertiary/aromatic N) is 3. The van der Waals surface area contributed by atoms with Crippen LogP contribution in [0.25, 0.3) is 11.5 Å². The summed E-state index contributed by atoms with van der Waals surface area (Å²) >= 11 is 0. The fourth-order valence-electron chi connectivity index (χ4n) is 3.10. The van der Waals surface area contributed by atoms with Crippen LogP contribution in [0, 0.1) is 6.92 Å². The van der Waals surface area contributed by atoms with Crippen LogP contribution in [0.5, 0.6) is 0 Å². The van der Waals surface area contributed by atoms with Gasteiger partial charge in [0.05, 0.1) is 11.1 Å². The van der Waals surface area contributed by atoms with Crippen LogP contribution >= 0.6 is 0 Å². The van der Waals surface area contributed by atoms with Crippen LogP contribution in [0.4, 0.5) is 4.79 Å². The SMILES string of the molecule is Cc1noc(-c2ccccc2C(=O)N2CCCC[C@H]2CNC(=O)O)n1. The van der Waals surface area contributed by atoms with Crippen molar-refractivity contribution in [3.05, 3.63) is 35.7 Å². The Morgan fingerprint density at radius 3 is 2.88 bits per heavy atom. The quantitative estimate of drug-likeness (QED) is 0.881. The third kappa shape index (κ3) is 3.78. The highest BCUT2D eigenvalue weighted by molar-refractivity contribution is 6.00. The molecule has 25 heavy (non-hydrogen) atoms. The van der Waals surface area contributed by atoms with E-state index in [-0.39, 0.29) is 18.5 Å². The Kier molecular flexibility index (Phi) is 4.97. The van der Waals surface area contributed by atoms with Gasteiger partial charge in [0.25, 0.3) is 11.8 Å². The number of amides is 2. The lowest BCUT2D eigenvalue weighted by Gasteiger charge is -2.36. The summed E-state index contributed by atoms with van der Waals surface area (Å²) in [6.45, 7) is 2.54. The number of benzene rings is 1. The molecule has 2 aromatic rings. The van der Waals surface area contributed by atoms with Crippen molar-refractivity contribution in [2.45, 2.75) is 32.2 Å². The lowest BCUT2D eigenvalue weighted by atomic mass is 9.99. The molecule has 0 unspecified atom stereocenters. The Bertz CT molecular complexity index is 774. The van der Waals surface area contributed by atoms with Crippen LogP contribution in [0.2, 0.25) is 0 Å². The Balaban J connectivity index is 1.87. The van der Waals surface area contributed by atoms with Crippen molar-refractivity contribution in [1.29, 1.82) is 0 Å². The molecule has 0 bridgehead atoms. The van der Waals surface area contributed by atoms with Gasteiger partial charge in [-0.05, 0) is 38.3 Å². The second-order valence-electron chi connectivity index (χ2n) is 6.03. The highest BCUT2D eigenvalue weighted by Crippen LogP contribution is 2.26. The number of hydrogen-bond acceptors (Lipinski definition) is 5. The minimum Gasteiger partial charge on any atom is -0.465 e. The normalized spacial score (nSPS) is 17.3. The highest BCUT2D eigenvalue weighted by Gasteiger charge is 2.29. The number of aromatic nitrogens is 2. The molecule has 1 aliphatic rings. The van der Waals surface area contributed by atoms with Crippen molar-refractivity contribution in [1.82, 2.24) is 20.4 Å². The zero-order chi connectivity index (χ0) is 17.8.